The van der Waals surface area contributed by atoms with Crippen LogP contribution in [0.1, 0.15) is 30.4 Å². The lowest BCUT2D eigenvalue weighted by Crippen LogP contribution is -2.29. The molecule has 1 heterocycles. The van der Waals surface area contributed by atoms with Crippen molar-refractivity contribution in [1.82, 2.24) is 0 Å². The fourth-order valence-electron chi connectivity index (χ4n) is 3.39. The number of ketones is 1. The van der Waals surface area contributed by atoms with Crippen LogP contribution in [0.5, 0.6) is 11.5 Å². The third kappa shape index (κ3) is 5.03. The number of anilines is 1. The SMILES string of the molecule is COc1cccc(OC)c1/C=C/C(=O)/C=C/c1ccc(N2CCCCC2)cc1. The summed E-state index contributed by atoms with van der Waals surface area (Å²) in [6.07, 6.45) is 10.5. The van der Waals surface area contributed by atoms with E-state index in [1.807, 2.05) is 24.3 Å². The first-order chi connectivity index (χ1) is 13.7. The Balaban J connectivity index is 1.65. The molecule has 0 aliphatic carbocycles. The molecule has 0 radical (unpaired) electrons. The standard InChI is InChI=1S/C24H27NO3/c1-27-23-7-6-8-24(28-2)22(23)16-15-21(26)14-11-19-9-12-20(13-10-19)25-17-4-3-5-18-25/h6-16H,3-5,17-18H2,1-2H3/b14-11+,16-15+. The predicted molar refractivity (Wildman–Crippen MR) is 115 cm³/mol. The van der Waals surface area contributed by atoms with Gasteiger partial charge in [-0.15, -0.1) is 0 Å². The lowest BCUT2D eigenvalue weighted by atomic mass is 10.1. The summed E-state index contributed by atoms with van der Waals surface area (Å²) in [7, 11) is 3.20. The molecule has 4 nitrogen and oxygen atoms in total. The zero-order valence-electron chi connectivity index (χ0n) is 16.6. The lowest BCUT2D eigenvalue weighted by Gasteiger charge is -2.28. The summed E-state index contributed by atoms with van der Waals surface area (Å²) in [6.45, 7) is 2.26. The van der Waals surface area contributed by atoms with Gasteiger partial charge in [0.05, 0.1) is 19.8 Å². The van der Waals surface area contributed by atoms with Crippen LogP contribution in [-0.2, 0) is 4.79 Å². The normalized spacial score (nSPS) is 14.6. The van der Waals surface area contributed by atoms with E-state index in [0.717, 1.165) is 24.2 Å². The van der Waals surface area contributed by atoms with E-state index in [9.17, 15) is 4.79 Å². The highest BCUT2D eigenvalue weighted by Gasteiger charge is 2.10. The third-order valence-electron chi connectivity index (χ3n) is 4.93. The maximum atomic E-state index is 12.2. The molecule has 1 aliphatic rings. The molecule has 1 saturated heterocycles. The second-order valence-corrected chi connectivity index (χ2v) is 6.78. The van der Waals surface area contributed by atoms with Crippen molar-refractivity contribution in [3.63, 3.8) is 0 Å². The lowest BCUT2D eigenvalue weighted by molar-refractivity contribution is -0.110. The van der Waals surface area contributed by atoms with Gasteiger partial charge in [-0.05, 0) is 67.3 Å². The van der Waals surface area contributed by atoms with Gasteiger partial charge in [-0.2, -0.15) is 0 Å². The molecule has 0 N–H and O–H groups in total. The quantitative estimate of drug-likeness (QED) is 0.637. The van der Waals surface area contributed by atoms with Crippen LogP contribution in [0, 0.1) is 0 Å². The van der Waals surface area contributed by atoms with Crippen LogP contribution in [0.2, 0.25) is 0 Å². The maximum Gasteiger partial charge on any atom is 0.178 e. The monoisotopic (exact) mass is 377 g/mol. The van der Waals surface area contributed by atoms with E-state index >= 15 is 0 Å². The number of carbonyl (C=O) groups is 1. The Labute approximate surface area is 167 Å². The molecule has 3 rings (SSSR count). The number of hydrogen-bond acceptors (Lipinski definition) is 4. The summed E-state index contributed by atoms with van der Waals surface area (Å²) in [4.78, 5) is 14.7. The van der Waals surface area contributed by atoms with Crippen molar-refractivity contribution < 1.29 is 14.3 Å². The molecule has 0 bridgehead atoms. The van der Waals surface area contributed by atoms with Crippen LogP contribution in [0.4, 0.5) is 5.69 Å². The molecule has 1 fully saturated rings. The predicted octanol–water partition coefficient (Wildman–Crippen LogP) is 4.99. The first-order valence-corrected chi connectivity index (χ1v) is 9.67. The van der Waals surface area contributed by atoms with Crippen molar-refractivity contribution >= 4 is 23.6 Å². The van der Waals surface area contributed by atoms with Crippen molar-refractivity contribution in [2.24, 2.45) is 0 Å². The summed E-state index contributed by atoms with van der Waals surface area (Å²) in [6, 6.07) is 13.9. The fraction of sp³-hybridized carbons (Fsp3) is 0.292. The number of hydrogen-bond donors (Lipinski definition) is 0. The minimum Gasteiger partial charge on any atom is -0.496 e. The average Bonchev–Trinajstić information content (AvgIpc) is 2.76. The molecule has 28 heavy (non-hydrogen) atoms. The van der Waals surface area contributed by atoms with E-state index in [4.69, 9.17) is 9.47 Å². The van der Waals surface area contributed by atoms with Crippen molar-refractivity contribution in [2.45, 2.75) is 19.3 Å². The first kappa shape index (κ1) is 19.7. The van der Waals surface area contributed by atoms with Crippen molar-refractivity contribution in [3.05, 3.63) is 65.7 Å². The number of benzene rings is 2. The van der Waals surface area contributed by atoms with Gasteiger partial charge >= 0.3 is 0 Å². The number of rotatable bonds is 7. The van der Waals surface area contributed by atoms with Crippen molar-refractivity contribution in [3.8, 4) is 11.5 Å². The van der Waals surface area contributed by atoms with Gasteiger partial charge in [0.25, 0.3) is 0 Å². The van der Waals surface area contributed by atoms with Gasteiger partial charge in [0.15, 0.2) is 5.78 Å². The Bertz CT molecular complexity index is 824. The fourth-order valence-corrected chi connectivity index (χ4v) is 3.39. The van der Waals surface area contributed by atoms with Gasteiger partial charge in [0.2, 0.25) is 0 Å². The number of piperidine rings is 1. The number of ether oxygens (including phenoxy) is 2. The molecule has 0 spiro atoms. The summed E-state index contributed by atoms with van der Waals surface area (Å²) in [5, 5.41) is 0. The van der Waals surface area contributed by atoms with Gasteiger partial charge in [0.1, 0.15) is 11.5 Å². The van der Waals surface area contributed by atoms with Crippen LogP contribution in [-0.4, -0.2) is 33.1 Å². The van der Waals surface area contributed by atoms with Crippen LogP contribution in [0.15, 0.2) is 54.6 Å². The van der Waals surface area contributed by atoms with E-state index in [0.29, 0.717) is 11.5 Å². The molecule has 0 unspecified atom stereocenters. The van der Waals surface area contributed by atoms with Gasteiger partial charge in [-0.25, -0.2) is 0 Å². The van der Waals surface area contributed by atoms with E-state index < -0.39 is 0 Å². The molecule has 146 valence electrons. The first-order valence-electron chi connectivity index (χ1n) is 9.67. The molecular formula is C24H27NO3. The summed E-state index contributed by atoms with van der Waals surface area (Å²) in [5.74, 6) is 1.24. The van der Waals surface area contributed by atoms with Crippen LogP contribution in [0.25, 0.3) is 12.2 Å². The average molecular weight is 377 g/mol. The number of carbonyl (C=O) groups excluding carboxylic acids is 1. The highest BCUT2D eigenvalue weighted by atomic mass is 16.5. The molecule has 1 aliphatic heterocycles. The maximum absolute atomic E-state index is 12.2. The number of allylic oxidation sites excluding steroid dienone is 2. The Kier molecular flexibility index (Phi) is 6.90. The minimum absolute atomic E-state index is 0.0898. The van der Waals surface area contributed by atoms with Crippen molar-refractivity contribution in [2.75, 3.05) is 32.2 Å². The Hall–Kier alpha value is -3.01. The second kappa shape index (κ2) is 9.79. The van der Waals surface area contributed by atoms with Gasteiger partial charge in [-0.3, -0.25) is 4.79 Å². The Morgan fingerprint density at radius 2 is 1.46 bits per heavy atom. The molecule has 2 aromatic rings. The molecule has 4 heteroatoms. The minimum atomic E-state index is -0.0898. The van der Waals surface area contributed by atoms with Crippen LogP contribution < -0.4 is 14.4 Å². The highest BCUT2D eigenvalue weighted by Crippen LogP contribution is 2.29. The zero-order valence-corrected chi connectivity index (χ0v) is 16.6. The highest BCUT2D eigenvalue weighted by molar-refractivity contribution is 6.04. The third-order valence-corrected chi connectivity index (χ3v) is 4.93. The summed E-state index contributed by atoms with van der Waals surface area (Å²) >= 11 is 0. The smallest absolute Gasteiger partial charge is 0.178 e. The second-order valence-electron chi connectivity index (χ2n) is 6.78. The van der Waals surface area contributed by atoms with E-state index in [-0.39, 0.29) is 5.78 Å². The van der Waals surface area contributed by atoms with Crippen molar-refractivity contribution in [1.29, 1.82) is 0 Å². The number of nitrogens with zero attached hydrogens (tertiary/aromatic N) is 1. The molecule has 0 saturated carbocycles. The summed E-state index contributed by atoms with van der Waals surface area (Å²) in [5.41, 5.74) is 3.02. The van der Waals surface area contributed by atoms with E-state index in [2.05, 4.69) is 29.2 Å². The molecule has 0 aromatic heterocycles. The molecule has 2 aromatic carbocycles. The largest absolute Gasteiger partial charge is 0.496 e. The van der Waals surface area contributed by atoms with Gasteiger partial charge in [-0.1, -0.05) is 24.3 Å². The Morgan fingerprint density at radius 1 is 0.857 bits per heavy atom. The van der Waals surface area contributed by atoms with Crippen LogP contribution in [0.3, 0.4) is 0 Å². The Morgan fingerprint density at radius 3 is 2.07 bits per heavy atom. The number of methoxy groups -OCH3 is 2. The van der Waals surface area contributed by atoms with Crippen LogP contribution >= 0.6 is 0 Å². The molecule has 0 amide bonds. The van der Waals surface area contributed by atoms with E-state index in [1.165, 1.54) is 31.0 Å². The van der Waals surface area contributed by atoms with Gasteiger partial charge < -0.3 is 14.4 Å². The van der Waals surface area contributed by atoms with Gasteiger partial charge in [0, 0.05) is 18.8 Å². The topological polar surface area (TPSA) is 38.8 Å². The zero-order chi connectivity index (χ0) is 19.8. The summed E-state index contributed by atoms with van der Waals surface area (Å²) < 4.78 is 10.7. The molecular weight excluding hydrogens is 350 g/mol. The molecule has 0 atom stereocenters. The van der Waals surface area contributed by atoms with E-state index in [1.54, 1.807) is 26.4 Å².